The van der Waals surface area contributed by atoms with Crippen LogP contribution in [0, 0.1) is 13.8 Å². The zero-order valence-electron chi connectivity index (χ0n) is 18.7. The number of carbonyl (C=O) groups excluding carboxylic acids is 2. The van der Waals surface area contributed by atoms with Crippen molar-refractivity contribution in [2.75, 3.05) is 12.4 Å². The second-order valence-corrected chi connectivity index (χ2v) is 7.94. The minimum absolute atomic E-state index is 0.0463. The molecule has 0 saturated heterocycles. The van der Waals surface area contributed by atoms with Crippen LogP contribution in [0.1, 0.15) is 27.0 Å². The molecule has 2 amide bonds. The molecule has 1 aliphatic heterocycles. The summed E-state index contributed by atoms with van der Waals surface area (Å²) in [7, 11) is 1.22. The number of aromatic amines is 1. The Morgan fingerprint density at radius 3 is 2.37 bits per heavy atom. The summed E-state index contributed by atoms with van der Waals surface area (Å²) in [6.45, 7) is 3.52. The largest absolute Gasteiger partial charge is 0.496 e. The van der Waals surface area contributed by atoms with Gasteiger partial charge in [0.05, 0.1) is 18.4 Å². The van der Waals surface area contributed by atoms with Gasteiger partial charge in [-0.3, -0.25) is 19.4 Å². The highest BCUT2D eigenvalue weighted by Gasteiger charge is 2.68. The number of benzene rings is 2. The van der Waals surface area contributed by atoms with E-state index in [-0.39, 0.29) is 17.0 Å². The summed E-state index contributed by atoms with van der Waals surface area (Å²) in [6, 6.07) is 10.0. The molecule has 2 aromatic carbocycles. The average Bonchev–Trinajstić information content (AvgIpc) is 3.09. The van der Waals surface area contributed by atoms with E-state index in [1.165, 1.54) is 43.5 Å². The number of rotatable bonds is 4. The van der Waals surface area contributed by atoms with Crippen molar-refractivity contribution in [1.29, 1.82) is 0 Å². The van der Waals surface area contributed by atoms with Crippen molar-refractivity contribution in [2.45, 2.75) is 25.6 Å². The van der Waals surface area contributed by atoms with Crippen LogP contribution >= 0.6 is 0 Å². The van der Waals surface area contributed by atoms with Crippen LogP contribution in [0.4, 0.5) is 19.0 Å². The van der Waals surface area contributed by atoms with Crippen molar-refractivity contribution in [2.24, 2.45) is 0 Å². The summed E-state index contributed by atoms with van der Waals surface area (Å²) in [4.78, 5) is 53.1. The first-order valence-electron chi connectivity index (χ1n) is 10.2. The Bertz CT molecular complexity index is 1490. The monoisotopic (exact) mass is 488 g/mol. The number of ether oxygens (including phenoxy) is 1. The SMILES string of the molecule is COc1ccccc1C(=O)N[C@]1(C(F)(F)F)C(=O)Nc2c1c(=O)[nH]c(=O)n2-c1ccc(C)c(C)c1. The number of aromatic nitrogens is 2. The van der Waals surface area contributed by atoms with Gasteiger partial charge in [0.25, 0.3) is 22.9 Å². The molecule has 3 N–H and O–H groups in total. The Morgan fingerprint density at radius 2 is 1.74 bits per heavy atom. The molecule has 0 fully saturated rings. The Hall–Kier alpha value is -4.35. The van der Waals surface area contributed by atoms with Crippen LogP contribution in [-0.4, -0.2) is 34.7 Å². The second kappa shape index (κ2) is 8.15. The van der Waals surface area contributed by atoms with Gasteiger partial charge in [0, 0.05) is 0 Å². The van der Waals surface area contributed by atoms with E-state index in [2.05, 4.69) is 0 Å². The fourth-order valence-electron chi connectivity index (χ4n) is 3.96. The van der Waals surface area contributed by atoms with Gasteiger partial charge in [-0.1, -0.05) is 18.2 Å². The summed E-state index contributed by atoms with van der Waals surface area (Å²) in [5.74, 6) is -3.79. The van der Waals surface area contributed by atoms with E-state index in [0.29, 0.717) is 5.56 Å². The lowest BCUT2D eigenvalue weighted by molar-refractivity contribution is -0.196. The highest BCUT2D eigenvalue weighted by Crippen LogP contribution is 2.45. The molecule has 12 heteroatoms. The molecule has 0 bridgehead atoms. The Balaban J connectivity index is 1.99. The lowest BCUT2D eigenvalue weighted by atomic mass is 9.91. The highest BCUT2D eigenvalue weighted by molar-refractivity contribution is 6.10. The molecule has 182 valence electrons. The highest BCUT2D eigenvalue weighted by atomic mass is 19.4. The number of aryl methyl sites for hydroxylation is 2. The molecule has 1 aromatic heterocycles. The molecule has 0 spiro atoms. The quantitative estimate of drug-likeness (QED) is 0.520. The van der Waals surface area contributed by atoms with E-state index in [9.17, 15) is 32.3 Å². The number of alkyl halides is 3. The second-order valence-electron chi connectivity index (χ2n) is 7.94. The number of nitrogens with one attached hydrogen (secondary N) is 3. The fourth-order valence-corrected chi connectivity index (χ4v) is 3.96. The van der Waals surface area contributed by atoms with Crippen LogP contribution in [-0.2, 0) is 10.3 Å². The molecule has 0 saturated carbocycles. The molecule has 35 heavy (non-hydrogen) atoms. The van der Waals surface area contributed by atoms with Crippen LogP contribution < -0.4 is 26.6 Å². The number of amides is 2. The molecule has 2 heterocycles. The topological polar surface area (TPSA) is 122 Å². The molecule has 0 unspecified atom stereocenters. The number of nitrogens with zero attached hydrogens (tertiary/aromatic N) is 1. The average molecular weight is 488 g/mol. The van der Waals surface area contributed by atoms with Crippen molar-refractivity contribution in [3.8, 4) is 11.4 Å². The number of para-hydroxylation sites is 1. The fraction of sp³-hybridized carbons (Fsp3) is 0.217. The molecular weight excluding hydrogens is 469 g/mol. The molecule has 0 aliphatic carbocycles. The van der Waals surface area contributed by atoms with Gasteiger partial charge in [0.2, 0.25) is 0 Å². The van der Waals surface area contributed by atoms with Gasteiger partial charge in [-0.2, -0.15) is 13.2 Å². The van der Waals surface area contributed by atoms with Crippen molar-refractivity contribution in [1.82, 2.24) is 14.9 Å². The van der Waals surface area contributed by atoms with Gasteiger partial charge >= 0.3 is 11.9 Å². The third-order valence-electron chi connectivity index (χ3n) is 5.89. The van der Waals surface area contributed by atoms with Crippen LogP contribution in [0.2, 0.25) is 0 Å². The number of anilines is 1. The lowest BCUT2D eigenvalue weighted by Gasteiger charge is -2.30. The third kappa shape index (κ3) is 3.57. The molecule has 1 aliphatic rings. The normalized spacial score (nSPS) is 17.0. The van der Waals surface area contributed by atoms with Gasteiger partial charge < -0.3 is 15.4 Å². The maximum Gasteiger partial charge on any atom is 0.425 e. The molecule has 3 aromatic rings. The predicted molar refractivity (Wildman–Crippen MR) is 119 cm³/mol. The number of methoxy groups -OCH3 is 1. The number of carbonyl (C=O) groups is 2. The summed E-state index contributed by atoms with van der Waals surface area (Å²) in [6.07, 6.45) is -5.46. The van der Waals surface area contributed by atoms with Gasteiger partial charge in [-0.05, 0) is 49.2 Å². The number of fused-ring (bicyclic) bond motifs is 1. The summed E-state index contributed by atoms with van der Waals surface area (Å²) < 4.78 is 49.5. The maximum atomic E-state index is 14.6. The first-order valence-corrected chi connectivity index (χ1v) is 10.2. The van der Waals surface area contributed by atoms with Gasteiger partial charge in [0.1, 0.15) is 17.1 Å². The third-order valence-corrected chi connectivity index (χ3v) is 5.89. The lowest BCUT2D eigenvalue weighted by Crippen LogP contribution is -2.62. The smallest absolute Gasteiger partial charge is 0.425 e. The zero-order chi connectivity index (χ0) is 25.7. The van der Waals surface area contributed by atoms with Crippen molar-refractivity contribution in [3.63, 3.8) is 0 Å². The van der Waals surface area contributed by atoms with Crippen molar-refractivity contribution >= 4 is 17.6 Å². The van der Waals surface area contributed by atoms with Gasteiger partial charge in [-0.25, -0.2) is 9.36 Å². The summed E-state index contributed by atoms with van der Waals surface area (Å²) in [5, 5.41) is 3.70. The van der Waals surface area contributed by atoms with Crippen LogP contribution in [0.15, 0.2) is 52.1 Å². The van der Waals surface area contributed by atoms with E-state index in [4.69, 9.17) is 4.74 Å². The van der Waals surface area contributed by atoms with E-state index in [1.807, 2.05) is 10.3 Å². The number of hydrogen-bond acceptors (Lipinski definition) is 5. The van der Waals surface area contributed by atoms with E-state index in [0.717, 1.165) is 10.1 Å². The maximum absolute atomic E-state index is 14.6. The van der Waals surface area contributed by atoms with Crippen LogP contribution in [0.25, 0.3) is 5.69 Å². The summed E-state index contributed by atoms with van der Waals surface area (Å²) in [5.41, 5.74) is -6.09. The minimum Gasteiger partial charge on any atom is -0.496 e. The van der Waals surface area contributed by atoms with Crippen LogP contribution in [0.5, 0.6) is 5.75 Å². The first kappa shape index (κ1) is 23.8. The zero-order valence-corrected chi connectivity index (χ0v) is 18.7. The van der Waals surface area contributed by atoms with Gasteiger partial charge in [0.15, 0.2) is 0 Å². The number of hydrogen-bond donors (Lipinski definition) is 3. The Morgan fingerprint density at radius 1 is 1.06 bits per heavy atom. The molecule has 1 atom stereocenters. The first-order chi connectivity index (χ1) is 16.4. The molecule has 0 radical (unpaired) electrons. The van der Waals surface area contributed by atoms with E-state index < -0.39 is 46.2 Å². The Kier molecular flexibility index (Phi) is 5.54. The van der Waals surface area contributed by atoms with E-state index in [1.54, 1.807) is 25.2 Å². The Labute approximate surface area is 195 Å². The molecular formula is C23H19F3N4O5. The van der Waals surface area contributed by atoms with Crippen LogP contribution in [0.3, 0.4) is 0 Å². The van der Waals surface area contributed by atoms with Crippen molar-refractivity contribution < 1.29 is 27.5 Å². The predicted octanol–water partition coefficient (Wildman–Crippen LogP) is 2.29. The molecule has 9 nitrogen and oxygen atoms in total. The van der Waals surface area contributed by atoms with E-state index >= 15 is 0 Å². The summed E-state index contributed by atoms with van der Waals surface area (Å²) >= 11 is 0. The number of H-pyrrole nitrogens is 1. The standard InChI is InChI=1S/C23H19F3N4O5/c1-11-8-9-13(10-12(11)2)30-17-16(19(32)28-21(30)34)22(20(33)27-17,23(24,25)26)29-18(31)14-6-4-5-7-15(14)35-3/h4-10H,1-3H3,(H,27,33)(H,29,31)(H,28,32,34)/t22-/m0/s1. The molecule has 4 rings (SSSR count). The number of halogens is 3. The van der Waals surface area contributed by atoms with Gasteiger partial charge in [-0.15, -0.1) is 0 Å². The minimum atomic E-state index is -5.46. The van der Waals surface area contributed by atoms with Crippen molar-refractivity contribution in [3.05, 3.63) is 85.6 Å².